The Morgan fingerprint density at radius 1 is 1.30 bits per heavy atom. The molecule has 1 N–H and O–H groups in total. The van der Waals surface area contributed by atoms with E-state index in [1.807, 2.05) is 6.92 Å². The molecule has 0 radical (unpaired) electrons. The normalized spacial score (nSPS) is 10.2. The Morgan fingerprint density at radius 3 is 2.65 bits per heavy atom. The molecule has 0 aliphatic heterocycles. The third-order valence-corrected chi connectivity index (χ3v) is 2.95. The zero-order valence-corrected chi connectivity index (χ0v) is 11.4. The molecule has 0 spiro atoms. The number of rotatable bonds is 4. The molecule has 5 heteroatoms. The highest BCUT2D eigenvalue weighted by Crippen LogP contribution is 2.23. The van der Waals surface area contributed by atoms with Gasteiger partial charge in [-0.2, -0.15) is 0 Å². The van der Waals surface area contributed by atoms with Crippen LogP contribution in [0.3, 0.4) is 0 Å². The van der Waals surface area contributed by atoms with Gasteiger partial charge in [-0.3, -0.25) is 9.78 Å². The topological polar surface area (TPSA) is 45.2 Å². The van der Waals surface area contributed by atoms with Gasteiger partial charge in [0.05, 0.1) is 11.3 Å². The lowest BCUT2D eigenvalue weighted by molar-refractivity contribution is 0.0993. The number of hydrogen-bond acceptors (Lipinski definition) is 3. The summed E-state index contributed by atoms with van der Waals surface area (Å²) in [6.45, 7) is 2.40. The van der Waals surface area contributed by atoms with Crippen molar-refractivity contribution in [2.45, 2.75) is 6.92 Å². The van der Waals surface area contributed by atoms with Crippen molar-refractivity contribution in [1.29, 1.82) is 0 Å². The Morgan fingerprint density at radius 2 is 2.00 bits per heavy atom. The maximum atomic E-state index is 13.8. The van der Waals surface area contributed by atoms with E-state index in [9.17, 15) is 9.18 Å². The largest absolute Gasteiger partial charge is 0.382 e. The van der Waals surface area contributed by atoms with Crippen LogP contribution in [0.1, 0.15) is 17.3 Å². The summed E-state index contributed by atoms with van der Waals surface area (Å²) in [5.74, 6) is -0.701. The number of nitrogens with zero attached hydrogens (tertiary/aromatic N) is 2. The summed E-state index contributed by atoms with van der Waals surface area (Å²) >= 11 is 0. The van der Waals surface area contributed by atoms with Crippen molar-refractivity contribution >= 4 is 17.3 Å². The van der Waals surface area contributed by atoms with Gasteiger partial charge in [0.2, 0.25) is 0 Å². The van der Waals surface area contributed by atoms with Crippen LogP contribution >= 0.6 is 0 Å². The number of amides is 1. The SMILES string of the molecule is CCNc1c(F)cccc1C(=O)N(C)c1ccncc1. The van der Waals surface area contributed by atoms with Gasteiger partial charge >= 0.3 is 0 Å². The summed E-state index contributed by atoms with van der Waals surface area (Å²) in [5, 5.41) is 2.90. The molecule has 104 valence electrons. The van der Waals surface area contributed by atoms with Gasteiger partial charge in [-0.1, -0.05) is 6.07 Å². The van der Waals surface area contributed by atoms with Crippen molar-refractivity contribution in [1.82, 2.24) is 4.98 Å². The first kappa shape index (κ1) is 14.0. The molecule has 0 saturated carbocycles. The lowest BCUT2D eigenvalue weighted by Gasteiger charge is -2.19. The molecule has 0 bridgehead atoms. The van der Waals surface area contributed by atoms with Crippen LogP contribution < -0.4 is 10.2 Å². The number of para-hydroxylation sites is 1. The number of carbonyl (C=O) groups is 1. The van der Waals surface area contributed by atoms with E-state index in [0.717, 1.165) is 0 Å². The Hall–Kier alpha value is -2.43. The van der Waals surface area contributed by atoms with Crippen LogP contribution in [0, 0.1) is 5.82 Å². The first-order chi connectivity index (χ1) is 9.65. The monoisotopic (exact) mass is 273 g/mol. The standard InChI is InChI=1S/C15H16FN3O/c1-3-18-14-12(5-4-6-13(14)16)15(20)19(2)11-7-9-17-10-8-11/h4-10,18H,3H2,1-2H3. The molecule has 0 fully saturated rings. The molecular weight excluding hydrogens is 257 g/mol. The number of hydrogen-bond donors (Lipinski definition) is 1. The number of benzene rings is 1. The fourth-order valence-corrected chi connectivity index (χ4v) is 1.92. The van der Waals surface area contributed by atoms with Gasteiger partial charge in [0.1, 0.15) is 5.82 Å². The highest BCUT2D eigenvalue weighted by molar-refractivity contribution is 6.09. The number of pyridine rings is 1. The van der Waals surface area contributed by atoms with Crippen LogP contribution in [-0.2, 0) is 0 Å². The van der Waals surface area contributed by atoms with Gasteiger partial charge in [0, 0.05) is 31.7 Å². The molecule has 20 heavy (non-hydrogen) atoms. The molecule has 0 aliphatic rings. The van der Waals surface area contributed by atoms with Crippen LogP contribution in [0.25, 0.3) is 0 Å². The summed E-state index contributed by atoms with van der Waals surface area (Å²) in [7, 11) is 1.65. The Kier molecular flexibility index (Phi) is 4.30. The number of halogens is 1. The summed E-state index contributed by atoms with van der Waals surface area (Å²) in [5.41, 5.74) is 1.25. The van der Waals surface area contributed by atoms with Crippen LogP contribution in [0.2, 0.25) is 0 Å². The quantitative estimate of drug-likeness (QED) is 0.931. The molecule has 1 heterocycles. The molecule has 0 unspecified atom stereocenters. The number of carbonyl (C=O) groups excluding carboxylic acids is 1. The molecule has 1 aromatic carbocycles. The molecule has 1 amide bonds. The predicted molar refractivity (Wildman–Crippen MR) is 77.5 cm³/mol. The van der Waals surface area contributed by atoms with E-state index in [4.69, 9.17) is 0 Å². The number of anilines is 2. The van der Waals surface area contributed by atoms with Crippen molar-refractivity contribution in [2.75, 3.05) is 23.8 Å². The molecule has 2 aromatic rings. The van der Waals surface area contributed by atoms with Crippen molar-refractivity contribution in [3.63, 3.8) is 0 Å². The lowest BCUT2D eigenvalue weighted by atomic mass is 10.1. The van der Waals surface area contributed by atoms with E-state index in [2.05, 4.69) is 10.3 Å². The Labute approximate surface area is 117 Å². The first-order valence-corrected chi connectivity index (χ1v) is 6.35. The highest BCUT2D eigenvalue weighted by Gasteiger charge is 2.19. The third-order valence-electron chi connectivity index (χ3n) is 2.95. The van der Waals surface area contributed by atoms with Crippen molar-refractivity contribution < 1.29 is 9.18 Å². The molecule has 1 aromatic heterocycles. The molecule has 0 aliphatic carbocycles. The maximum Gasteiger partial charge on any atom is 0.260 e. The van der Waals surface area contributed by atoms with E-state index in [0.29, 0.717) is 17.8 Å². The zero-order chi connectivity index (χ0) is 14.5. The summed E-state index contributed by atoms with van der Waals surface area (Å²) in [6, 6.07) is 7.93. The van der Waals surface area contributed by atoms with Crippen LogP contribution in [-0.4, -0.2) is 24.5 Å². The second-order valence-corrected chi connectivity index (χ2v) is 4.26. The Bertz CT molecular complexity index is 601. The van der Waals surface area contributed by atoms with Crippen LogP contribution in [0.5, 0.6) is 0 Å². The average molecular weight is 273 g/mol. The minimum absolute atomic E-state index is 0.237. The van der Waals surface area contributed by atoms with Gasteiger partial charge in [0.15, 0.2) is 0 Å². The summed E-state index contributed by atoms with van der Waals surface area (Å²) < 4.78 is 13.8. The summed E-state index contributed by atoms with van der Waals surface area (Å²) in [4.78, 5) is 17.9. The fourth-order valence-electron chi connectivity index (χ4n) is 1.92. The highest BCUT2D eigenvalue weighted by atomic mass is 19.1. The molecule has 0 atom stereocenters. The smallest absolute Gasteiger partial charge is 0.260 e. The first-order valence-electron chi connectivity index (χ1n) is 6.35. The summed E-state index contributed by atoms with van der Waals surface area (Å²) in [6.07, 6.45) is 3.21. The minimum atomic E-state index is -0.430. The van der Waals surface area contributed by atoms with Crippen LogP contribution in [0.4, 0.5) is 15.8 Å². The van der Waals surface area contributed by atoms with Gasteiger partial charge in [-0.05, 0) is 31.2 Å². The number of aromatic nitrogens is 1. The fraction of sp³-hybridized carbons (Fsp3) is 0.200. The second kappa shape index (κ2) is 6.14. The maximum absolute atomic E-state index is 13.8. The minimum Gasteiger partial charge on any atom is -0.382 e. The van der Waals surface area contributed by atoms with E-state index < -0.39 is 5.82 Å². The van der Waals surface area contributed by atoms with E-state index in [1.54, 1.807) is 37.6 Å². The van der Waals surface area contributed by atoms with Gasteiger partial charge < -0.3 is 10.2 Å². The molecule has 4 nitrogen and oxygen atoms in total. The van der Waals surface area contributed by atoms with Crippen molar-refractivity contribution in [2.24, 2.45) is 0 Å². The van der Waals surface area contributed by atoms with E-state index >= 15 is 0 Å². The average Bonchev–Trinajstić information content (AvgIpc) is 2.49. The van der Waals surface area contributed by atoms with Crippen molar-refractivity contribution in [3.05, 3.63) is 54.1 Å². The molecular formula is C15H16FN3O. The van der Waals surface area contributed by atoms with E-state index in [-0.39, 0.29) is 11.6 Å². The second-order valence-electron chi connectivity index (χ2n) is 4.26. The van der Waals surface area contributed by atoms with Gasteiger partial charge in [-0.25, -0.2) is 4.39 Å². The van der Waals surface area contributed by atoms with Gasteiger partial charge in [-0.15, -0.1) is 0 Å². The van der Waals surface area contributed by atoms with E-state index in [1.165, 1.54) is 17.0 Å². The van der Waals surface area contributed by atoms with Crippen molar-refractivity contribution in [3.8, 4) is 0 Å². The van der Waals surface area contributed by atoms with Gasteiger partial charge in [0.25, 0.3) is 5.91 Å². The number of nitrogens with one attached hydrogen (secondary N) is 1. The lowest BCUT2D eigenvalue weighted by Crippen LogP contribution is -2.27. The molecule has 0 saturated heterocycles. The van der Waals surface area contributed by atoms with Crippen LogP contribution in [0.15, 0.2) is 42.7 Å². The zero-order valence-electron chi connectivity index (χ0n) is 11.4. The molecule has 2 rings (SSSR count). The Balaban J connectivity index is 2.36. The predicted octanol–water partition coefficient (Wildman–Crippen LogP) is 2.93. The third kappa shape index (κ3) is 2.77.